The number of hydrogen-bond acceptors (Lipinski definition) is 5. The van der Waals surface area contributed by atoms with Crippen LogP contribution in [0.25, 0.3) is 0 Å². The number of nitrogens with zero attached hydrogens (tertiary/aromatic N) is 3. The molecule has 1 aliphatic carbocycles. The lowest BCUT2D eigenvalue weighted by molar-refractivity contribution is -0.148. The van der Waals surface area contributed by atoms with Gasteiger partial charge >= 0.3 is 12.1 Å². The Morgan fingerprint density at radius 2 is 1.81 bits per heavy atom. The summed E-state index contributed by atoms with van der Waals surface area (Å²) in [5.74, 6) is 0.0209. The molecule has 2 spiro atoms. The quantitative estimate of drug-likeness (QED) is 0.740. The second kappa shape index (κ2) is 6.34. The molecule has 7 nitrogen and oxygen atoms in total. The molecule has 0 aromatic rings. The molecule has 1 atom stereocenters. The zero-order chi connectivity index (χ0) is 18.6. The van der Waals surface area contributed by atoms with Crippen LogP contribution in [0.15, 0.2) is 0 Å². The second-order valence-electron chi connectivity index (χ2n) is 9.50. The normalized spacial score (nSPS) is 40.8. The Bertz CT molecular complexity index is 623. The monoisotopic (exact) mass is 377 g/mol. The highest BCUT2D eigenvalue weighted by Crippen LogP contribution is 2.51. The van der Waals surface area contributed by atoms with Gasteiger partial charge in [0.05, 0.1) is 6.61 Å². The fraction of sp³-hybridized carbons (Fsp3) is 0.900. The Morgan fingerprint density at radius 3 is 2.44 bits per heavy atom. The first-order valence-electron chi connectivity index (χ1n) is 10.7. The minimum absolute atomic E-state index is 0.0209. The molecule has 4 saturated heterocycles. The Kier molecular flexibility index (Phi) is 4.17. The lowest BCUT2D eigenvalue weighted by Crippen LogP contribution is -2.58. The van der Waals surface area contributed by atoms with Gasteiger partial charge < -0.3 is 19.6 Å². The number of rotatable bonds is 2. The van der Waals surface area contributed by atoms with E-state index in [9.17, 15) is 14.7 Å². The van der Waals surface area contributed by atoms with Crippen molar-refractivity contribution in [3.8, 4) is 0 Å². The molecule has 1 N–H and O–H groups in total. The number of piperidine rings is 1. The molecule has 1 amide bonds. The summed E-state index contributed by atoms with van der Waals surface area (Å²) < 4.78 is 5.34. The van der Waals surface area contributed by atoms with Crippen LogP contribution < -0.4 is 0 Å². The van der Waals surface area contributed by atoms with Gasteiger partial charge in [-0.1, -0.05) is 0 Å². The van der Waals surface area contributed by atoms with Crippen molar-refractivity contribution in [1.82, 2.24) is 14.7 Å². The number of esters is 1. The Labute approximate surface area is 160 Å². The van der Waals surface area contributed by atoms with E-state index in [1.54, 1.807) is 4.90 Å². The van der Waals surface area contributed by atoms with Crippen LogP contribution in [0.5, 0.6) is 0 Å². The third kappa shape index (κ3) is 2.77. The summed E-state index contributed by atoms with van der Waals surface area (Å²) in [6.45, 7) is 5.28. The fourth-order valence-corrected chi connectivity index (χ4v) is 6.66. The topological polar surface area (TPSA) is 73.3 Å². The molecular weight excluding hydrogens is 346 g/mol. The Hall–Kier alpha value is -1.34. The van der Waals surface area contributed by atoms with Gasteiger partial charge in [-0.3, -0.25) is 9.69 Å². The number of carbonyl (C=O) groups is 2. The maximum atomic E-state index is 12.4. The number of likely N-dealkylation sites (tertiary alicyclic amines) is 3. The summed E-state index contributed by atoms with van der Waals surface area (Å²) in [4.78, 5) is 30.3. The van der Waals surface area contributed by atoms with E-state index >= 15 is 0 Å². The van der Waals surface area contributed by atoms with Gasteiger partial charge in [0.2, 0.25) is 0 Å². The summed E-state index contributed by atoms with van der Waals surface area (Å²) in [6, 6.07) is 1.14. The van der Waals surface area contributed by atoms with Gasteiger partial charge in [0.25, 0.3) is 0 Å². The number of cyclic esters (lactones) is 1. The van der Waals surface area contributed by atoms with Gasteiger partial charge in [-0.2, -0.15) is 0 Å². The molecule has 0 bridgehead atoms. The average Bonchev–Trinajstić information content (AvgIpc) is 3.34. The van der Waals surface area contributed by atoms with Crippen LogP contribution in [0.2, 0.25) is 0 Å². The van der Waals surface area contributed by atoms with E-state index in [0.717, 1.165) is 77.5 Å². The van der Waals surface area contributed by atoms with Gasteiger partial charge in [0, 0.05) is 31.6 Å². The van der Waals surface area contributed by atoms with E-state index in [1.165, 1.54) is 0 Å². The van der Waals surface area contributed by atoms with Crippen LogP contribution in [0, 0.1) is 5.41 Å². The van der Waals surface area contributed by atoms with Crippen LogP contribution in [0.4, 0.5) is 4.79 Å². The van der Waals surface area contributed by atoms with Crippen molar-refractivity contribution in [2.45, 2.75) is 69.0 Å². The first-order chi connectivity index (χ1) is 13.0. The van der Waals surface area contributed by atoms with Crippen molar-refractivity contribution >= 4 is 12.1 Å². The molecule has 1 saturated carbocycles. The number of carboxylic acid groups (broad SMARTS) is 1. The summed E-state index contributed by atoms with van der Waals surface area (Å²) in [5.41, 5.74) is -0.0516. The van der Waals surface area contributed by atoms with E-state index < -0.39 is 6.09 Å². The first kappa shape index (κ1) is 17.7. The van der Waals surface area contributed by atoms with Crippen molar-refractivity contribution in [1.29, 1.82) is 0 Å². The average molecular weight is 377 g/mol. The molecule has 5 aliphatic rings. The van der Waals surface area contributed by atoms with Crippen LogP contribution in [-0.4, -0.2) is 88.8 Å². The predicted molar refractivity (Wildman–Crippen MR) is 98.5 cm³/mol. The maximum absolute atomic E-state index is 12.4. The van der Waals surface area contributed by atoms with Crippen molar-refractivity contribution < 1.29 is 19.4 Å². The number of hydrogen-bond donors (Lipinski definition) is 1. The number of carbonyl (C=O) groups excluding carboxylic acids is 1. The lowest BCUT2D eigenvalue weighted by atomic mass is 9.64. The predicted octanol–water partition coefficient (Wildman–Crippen LogP) is 1.76. The molecule has 5 fully saturated rings. The van der Waals surface area contributed by atoms with Crippen LogP contribution >= 0.6 is 0 Å². The maximum Gasteiger partial charge on any atom is 0.407 e. The molecule has 27 heavy (non-hydrogen) atoms. The third-order valence-corrected chi connectivity index (χ3v) is 8.17. The van der Waals surface area contributed by atoms with Crippen molar-refractivity contribution in [3.63, 3.8) is 0 Å². The fourth-order valence-electron chi connectivity index (χ4n) is 6.66. The molecule has 0 radical (unpaired) electrons. The summed E-state index contributed by atoms with van der Waals surface area (Å²) in [6.07, 6.45) is 7.81. The molecule has 1 unspecified atom stereocenters. The number of ether oxygens (including phenoxy) is 1. The van der Waals surface area contributed by atoms with Crippen molar-refractivity contribution in [2.75, 3.05) is 39.3 Å². The van der Waals surface area contributed by atoms with Gasteiger partial charge in [0.15, 0.2) is 0 Å². The summed E-state index contributed by atoms with van der Waals surface area (Å²) in [7, 11) is 0. The summed E-state index contributed by atoms with van der Waals surface area (Å²) >= 11 is 0. The largest absolute Gasteiger partial charge is 0.465 e. The van der Waals surface area contributed by atoms with Crippen molar-refractivity contribution in [3.05, 3.63) is 0 Å². The standard InChI is InChI=1S/C20H31N3O4/c24-17-20(6-11-27-17)4-1-7-23(20)15-2-8-21(9-3-15)16-12-19(13-16)5-10-22(14-19)18(25)26/h15-16H,1-14H2,(H,25,26). The molecule has 4 aliphatic heterocycles. The highest BCUT2D eigenvalue weighted by Gasteiger charge is 2.55. The highest BCUT2D eigenvalue weighted by molar-refractivity contribution is 5.83. The zero-order valence-corrected chi connectivity index (χ0v) is 16.1. The van der Waals surface area contributed by atoms with Gasteiger partial charge in [-0.25, -0.2) is 4.79 Å². The molecule has 5 rings (SSSR count). The Morgan fingerprint density at radius 1 is 1.04 bits per heavy atom. The van der Waals surface area contributed by atoms with E-state index in [1.807, 2.05) is 0 Å². The SMILES string of the molecule is O=C(O)N1CCC2(CC(N3CCC(N4CCCC45CCOC5=O)CC3)C2)C1. The van der Waals surface area contributed by atoms with Gasteiger partial charge in [0.1, 0.15) is 5.54 Å². The lowest BCUT2D eigenvalue weighted by Gasteiger charge is -2.52. The zero-order valence-electron chi connectivity index (χ0n) is 16.1. The smallest absolute Gasteiger partial charge is 0.407 e. The summed E-state index contributed by atoms with van der Waals surface area (Å²) in [5, 5.41) is 9.20. The molecule has 4 heterocycles. The molecule has 150 valence electrons. The van der Waals surface area contributed by atoms with Gasteiger partial charge in [-0.15, -0.1) is 0 Å². The Balaban J connectivity index is 1.14. The van der Waals surface area contributed by atoms with E-state index in [0.29, 0.717) is 25.2 Å². The molecular formula is C20H31N3O4. The number of amides is 1. The third-order valence-electron chi connectivity index (χ3n) is 8.17. The molecule has 7 heteroatoms. The minimum Gasteiger partial charge on any atom is -0.465 e. The van der Waals surface area contributed by atoms with Crippen LogP contribution in [-0.2, 0) is 9.53 Å². The molecule has 0 aromatic heterocycles. The van der Waals surface area contributed by atoms with Crippen LogP contribution in [0.3, 0.4) is 0 Å². The van der Waals surface area contributed by atoms with E-state index in [2.05, 4.69) is 9.80 Å². The highest BCUT2D eigenvalue weighted by atomic mass is 16.5. The second-order valence-corrected chi connectivity index (χ2v) is 9.50. The van der Waals surface area contributed by atoms with Crippen molar-refractivity contribution in [2.24, 2.45) is 5.41 Å². The van der Waals surface area contributed by atoms with Gasteiger partial charge in [-0.05, 0) is 70.0 Å². The van der Waals surface area contributed by atoms with Crippen LogP contribution in [0.1, 0.15) is 51.4 Å². The van der Waals surface area contributed by atoms with E-state index in [-0.39, 0.29) is 16.9 Å². The van der Waals surface area contributed by atoms with E-state index in [4.69, 9.17) is 4.74 Å². The minimum atomic E-state index is -0.763. The first-order valence-corrected chi connectivity index (χ1v) is 10.7. The molecule has 0 aromatic carbocycles.